The summed E-state index contributed by atoms with van der Waals surface area (Å²) in [6, 6.07) is 46.1. The van der Waals surface area contributed by atoms with Crippen LogP contribution in [0.5, 0.6) is 0 Å². The zero-order chi connectivity index (χ0) is 49.5. The van der Waals surface area contributed by atoms with Crippen LogP contribution < -0.4 is 22.5 Å². The predicted octanol–water partition coefficient (Wildman–Crippen LogP) is 11.1. The topological polar surface area (TPSA) is 185 Å². The van der Waals surface area contributed by atoms with E-state index in [1.807, 2.05) is 97.1 Å². The molecular formula is C57H33Cl2N9O4. The standard InChI is InChI=1S/C29H16ClN5O2.C28H17ClN4O2/c30-24-7-3-6-22(17-10-11-33-20(12-17)14-31)27(24)18-8-9-23-25(13-18)34-29(37)35(28(23)36)26-16-32-15-19-4-1-2-5-21(19)26;29-23-7-3-6-21(17-10-12-30-13-11-17)26(23)18-8-9-22-24(14-18)32-28(35)33(27(22)34)25-16-31-15-19-4-1-2-5-20(19)25/h1-13,15-16H,(H,34,37);1-16H,(H,32,35). The molecule has 0 saturated heterocycles. The van der Waals surface area contributed by atoms with Gasteiger partial charge < -0.3 is 9.97 Å². The van der Waals surface area contributed by atoms with Gasteiger partial charge in [0, 0.05) is 73.7 Å². The molecule has 0 atom stereocenters. The number of pyridine rings is 4. The van der Waals surface area contributed by atoms with E-state index >= 15 is 0 Å². The Balaban J connectivity index is 0.000000156. The highest BCUT2D eigenvalue weighted by atomic mass is 35.5. The third kappa shape index (κ3) is 8.08. The molecule has 0 aliphatic carbocycles. The maximum atomic E-state index is 13.5. The first-order valence-corrected chi connectivity index (χ1v) is 23.0. The zero-order valence-electron chi connectivity index (χ0n) is 37.4. The van der Waals surface area contributed by atoms with Crippen LogP contribution >= 0.6 is 23.2 Å². The van der Waals surface area contributed by atoms with Gasteiger partial charge in [0.2, 0.25) is 0 Å². The summed E-state index contributed by atoms with van der Waals surface area (Å²) in [6.07, 6.45) is 11.5. The summed E-state index contributed by atoms with van der Waals surface area (Å²) >= 11 is 13.3. The van der Waals surface area contributed by atoms with Crippen molar-refractivity contribution in [2.45, 2.75) is 0 Å². The molecule has 72 heavy (non-hydrogen) atoms. The number of halogens is 2. The third-order valence-electron chi connectivity index (χ3n) is 12.4. The van der Waals surface area contributed by atoms with Gasteiger partial charge in [0.25, 0.3) is 11.1 Å². The number of H-pyrrole nitrogens is 2. The van der Waals surface area contributed by atoms with Gasteiger partial charge in [0.15, 0.2) is 0 Å². The van der Waals surface area contributed by atoms with Gasteiger partial charge in [-0.15, -0.1) is 0 Å². The fourth-order valence-corrected chi connectivity index (χ4v) is 9.62. The summed E-state index contributed by atoms with van der Waals surface area (Å²) in [6.45, 7) is 0. The molecule has 6 aromatic carbocycles. The number of aromatic nitrogens is 8. The highest BCUT2D eigenvalue weighted by Gasteiger charge is 2.19. The quantitative estimate of drug-likeness (QED) is 0.164. The van der Waals surface area contributed by atoms with Crippen LogP contribution in [0.1, 0.15) is 5.69 Å². The fourth-order valence-electron chi connectivity index (χ4n) is 9.05. The molecule has 0 spiro atoms. The molecule has 0 saturated carbocycles. The van der Waals surface area contributed by atoms with Gasteiger partial charge in [-0.3, -0.25) is 24.5 Å². The second-order valence-electron chi connectivity index (χ2n) is 16.5. The Morgan fingerprint density at radius 1 is 0.458 bits per heavy atom. The molecule has 0 unspecified atom stereocenters. The van der Waals surface area contributed by atoms with Gasteiger partial charge in [-0.05, 0) is 94.0 Å². The highest BCUT2D eigenvalue weighted by molar-refractivity contribution is 6.34. The summed E-state index contributed by atoms with van der Waals surface area (Å²) in [4.78, 5) is 75.6. The largest absolute Gasteiger partial charge is 0.333 e. The Morgan fingerprint density at radius 2 is 0.944 bits per heavy atom. The van der Waals surface area contributed by atoms with Crippen molar-refractivity contribution in [1.82, 2.24) is 39.0 Å². The van der Waals surface area contributed by atoms with E-state index in [0.717, 1.165) is 64.1 Å². The van der Waals surface area contributed by atoms with Gasteiger partial charge in [0.1, 0.15) is 11.8 Å². The lowest BCUT2D eigenvalue weighted by molar-refractivity contribution is 0.902. The number of hydrogen-bond donors (Lipinski definition) is 2. The molecule has 6 aromatic heterocycles. The van der Waals surface area contributed by atoms with Crippen LogP contribution in [0.2, 0.25) is 10.0 Å². The number of fused-ring (bicyclic) bond motifs is 4. The van der Waals surface area contributed by atoms with Crippen molar-refractivity contribution >= 4 is 66.6 Å². The molecule has 344 valence electrons. The summed E-state index contributed by atoms with van der Waals surface area (Å²) in [7, 11) is 0. The summed E-state index contributed by atoms with van der Waals surface area (Å²) < 4.78 is 2.24. The van der Waals surface area contributed by atoms with Crippen molar-refractivity contribution in [2.75, 3.05) is 0 Å². The van der Waals surface area contributed by atoms with Crippen LogP contribution in [-0.4, -0.2) is 39.0 Å². The first-order valence-electron chi connectivity index (χ1n) is 22.3. The summed E-state index contributed by atoms with van der Waals surface area (Å²) in [5.41, 5.74) is 6.46. The highest BCUT2D eigenvalue weighted by Crippen LogP contribution is 2.40. The fraction of sp³-hybridized carbons (Fsp3) is 0. The average molecular weight is 979 g/mol. The van der Waals surface area contributed by atoms with Crippen LogP contribution in [0.15, 0.2) is 208 Å². The first kappa shape index (κ1) is 44.9. The van der Waals surface area contributed by atoms with Crippen LogP contribution in [0.4, 0.5) is 0 Å². The smallest absolute Gasteiger partial charge is 0.306 e. The second kappa shape index (κ2) is 18.7. The average Bonchev–Trinajstić information content (AvgIpc) is 3.41. The van der Waals surface area contributed by atoms with Gasteiger partial charge in [-0.25, -0.2) is 23.7 Å². The van der Waals surface area contributed by atoms with E-state index < -0.39 is 22.5 Å². The third-order valence-corrected chi connectivity index (χ3v) is 13.0. The Morgan fingerprint density at radius 3 is 1.46 bits per heavy atom. The molecule has 13 nitrogen and oxygen atoms in total. The normalized spacial score (nSPS) is 11.1. The molecule has 0 fully saturated rings. The first-order chi connectivity index (χ1) is 35.2. The number of nitrogens with zero attached hydrogens (tertiary/aromatic N) is 7. The second-order valence-corrected chi connectivity index (χ2v) is 17.3. The number of aromatic amines is 2. The minimum atomic E-state index is -0.569. The van der Waals surface area contributed by atoms with Gasteiger partial charge >= 0.3 is 11.4 Å². The van der Waals surface area contributed by atoms with E-state index in [2.05, 4.69) is 36.0 Å². The SMILES string of the molecule is N#Cc1cc(-c2cccc(Cl)c2-c2ccc3c(=O)n(-c4cncc5ccccc45)c(=O)[nH]c3c2)ccn1.O=c1[nH]c2cc(-c3c(Cl)cccc3-c3ccncc3)ccc2c(=O)n1-c1cncc2ccccc12. The van der Waals surface area contributed by atoms with Crippen LogP contribution in [0.25, 0.3) is 99.2 Å². The van der Waals surface area contributed by atoms with Gasteiger partial charge in [0.05, 0.1) is 45.6 Å². The van der Waals surface area contributed by atoms with Crippen molar-refractivity contribution in [2.24, 2.45) is 0 Å². The minimum Gasteiger partial charge on any atom is -0.306 e. The van der Waals surface area contributed by atoms with Crippen molar-refractivity contribution in [1.29, 1.82) is 5.26 Å². The lowest BCUT2D eigenvalue weighted by Gasteiger charge is -2.14. The molecule has 12 aromatic rings. The molecule has 6 heterocycles. The van der Waals surface area contributed by atoms with Crippen LogP contribution in [-0.2, 0) is 0 Å². The maximum absolute atomic E-state index is 13.5. The van der Waals surface area contributed by atoms with E-state index in [0.29, 0.717) is 54.4 Å². The lowest BCUT2D eigenvalue weighted by atomic mass is 9.94. The van der Waals surface area contributed by atoms with Crippen molar-refractivity contribution in [3.63, 3.8) is 0 Å². The molecule has 15 heteroatoms. The molecule has 0 radical (unpaired) electrons. The molecule has 0 bridgehead atoms. The molecular weight excluding hydrogens is 946 g/mol. The monoisotopic (exact) mass is 977 g/mol. The predicted molar refractivity (Wildman–Crippen MR) is 283 cm³/mol. The van der Waals surface area contributed by atoms with Gasteiger partial charge in [-0.2, -0.15) is 5.26 Å². The van der Waals surface area contributed by atoms with Crippen molar-refractivity contribution in [3.8, 4) is 62.0 Å². The zero-order valence-corrected chi connectivity index (χ0v) is 38.9. The van der Waals surface area contributed by atoms with Gasteiger partial charge in [-0.1, -0.05) is 108 Å². The Hall–Kier alpha value is -9.61. The minimum absolute atomic E-state index is 0.287. The number of nitriles is 1. The van der Waals surface area contributed by atoms with Crippen molar-refractivity contribution in [3.05, 3.63) is 246 Å². The van der Waals surface area contributed by atoms with E-state index in [-0.39, 0.29) is 5.69 Å². The van der Waals surface area contributed by atoms with E-state index in [1.54, 1.807) is 79.5 Å². The van der Waals surface area contributed by atoms with Crippen LogP contribution in [0.3, 0.4) is 0 Å². The van der Waals surface area contributed by atoms with E-state index in [4.69, 9.17) is 23.2 Å². The number of benzene rings is 6. The summed E-state index contributed by atoms with van der Waals surface area (Å²) in [5, 5.41) is 14.2. The Bertz CT molecular complexity index is 4440. The number of rotatable bonds is 6. The Labute approximate surface area is 417 Å². The van der Waals surface area contributed by atoms with E-state index in [9.17, 15) is 24.4 Å². The lowest BCUT2D eigenvalue weighted by Crippen LogP contribution is -2.33. The molecule has 12 rings (SSSR count). The number of hydrogen-bond acceptors (Lipinski definition) is 9. The van der Waals surface area contributed by atoms with Crippen molar-refractivity contribution < 1.29 is 0 Å². The maximum Gasteiger partial charge on any atom is 0.333 e. The molecule has 0 aliphatic heterocycles. The summed E-state index contributed by atoms with van der Waals surface area (Å²) in [5.74, 6) is 0. The molecule has 0 aliphatic rings. The number of nitrogens with one attached hydrogen (secondary N) is 2. The molecule has 0 amide bonds. The van der Waals surface area contributed by atoms with E-state index in [1.165, 1.54) is 12.4 Å². The Kier molecular flexibility index (Phi) is 11.7. The van der Waals surface area contributed by atoms with Crippen LogP contribution in [0, 0.1) is 11.3 Å². The molecule has 2 N–H and O–H groups in total.